The molecule has 0 radical (unpaired) electrons. The first kappa shape index (κ1) is 15.4. The van der Waals surface area contributed by atoms with E-state index in [2.05, 4.69) is 39.5 Å². The van der Waals surface area contributed by atoms with Gasteiger partial charge in [-0.05, 0) is 17.5 Å². The monoisotopic (exact) mass is 266 g/mol. The first-order valence-electron chi connectivity index (χ1n) is 6.57. The highest BCUT2D eigenvalue weighted by molar-refractivity contribution is 6.82. The molecular formula is C15H26O2Si. The minimum absolute atomic E-state index is 0.137. The lowest BCUT2D eigenvalue weighted by Crippen LogP contribution is -2.55. The molecule has 0 saturated carbocycles. The summed E-state index contributed by atoms with van der Waals surface area (Å²) in [5, 5.41) is 10.2. The zero-order valence-corrected chi connectivity index (χ0v) is 13.2. The smallest absolute Gasteiger partial charge is 0.118 e. The van der Waals surface area contributed by atoms with Gasteiger partial charge in [0.15, 0.2) is 0 Å². The van der Waals surface area contributed by atoms with Crippen molar-refractivity contribution in [3.8, 4) is 0 Å². The third-order valence-electron chi connectivity index (χ3n) is 4.15. The Balaban J connectivity index is 2.60. The third kappa shape index (κ3) is 3.67. The van der Waals surface area contributed by atoms with Crippen molar-refractivity contribution >= 4 is 8.07 Å². The molecule has 0 amide bonds. The number of hydrogen-bond acceptors (Lipinski definition) is 2. The van der Waals surface area contributed by atoms with Gasteiger partial charge in [0.1, 0.15) is 8.07 Å². The average molecular weight is 266 g/mol. The second-order valence-corrected chi connectivity index (χ2v) is 11.8. The minimum Gasteiger partial charge on any atom is -0.397 e. The normalized spacial score (nSPS) is 17.2. The van der Waals surface area contributed by atoms with Crippen LogP contribution in [0.1, 0.15) is 33.3 Å². The van der Waals surface area contributed by atoms with Crippen LogP contribution in [0.4, 0.5) is 0 Å². The summed E-state index contributed by atoms with van der Waals surface area (Å²) in [5.74, 6) is 0. The maximum absolute atomic E-state index is 10.1. The molecule has 3 heteroatoms. The summed E-state index contributed by atoms with van der Waals surface area (Å²) >= 11 is 0. The summed E-state index contributed by atoms with van der Waals surface area (Å²) in [6.45, 7) is 11.4. The van der Waals surface area contributed by atoms with Gasteiger partial charge < -0.3 is 9.84 Å². The molecule has 2 atom stereocenters. The lowest BCUT2D eigenvalue weighted by molar-refractivity contribution is 0.146. The van der Waals surface area contributed by atoms with Crippen LogP contribution in [0.25, 0.3) is 0 Å². The maximum atomic E-state index is 10.1. The van der Waals surface area contributed by atoms with Crippen LogP contribution in [-0.2, 0) is 11.3 Å². The second kappa shape index (κ2) is 6.00. The van der Waals surface area contributed by atoms with E-state index in [0.717, 1.165) is 0 Å². The number of hydrogen-bond donors (Lipinski definition) is 1. The van der Waals surface area contributed by atoms with Gasteiger partial charge in [0.2, 0.25) is 0 Å². The molecule has 0 aliphatic carbocycles. The molecule has 0 aromatic heterocycles. The molecule has 1 rings (SSSR count). The Hall–Kier alpha value is -0.643. The fourth-order valence-electron chi connectivity index (χ4n) is 1.92. The van der Waals surface area contributed by atoms with Gasteiger partial charge in [-0.3, -0.25) is 0 Å². The van der Waals surface area contributed by atoms with E-state index in [1.807, 2.05) is 25.1 Å². The predicted molar refractivity (Wildman–Crippen MR) is 79.1 cm³/mol. The third-order valence-corrected chi connectivity index (χ3v) is 10.2. The van der Waals surface area contributed by atoms with Gasteiger partial charge in [-0.25, -0.2) is 0 Å². The average Bonchev–Trinajstić information content (AvgIpc) is 2.28. The molecule has 18 heavy (non-hydrogen) atoms. The molecule has 0 aliphatic heterocycles. The predicted octanol–water partition coefficient (Wildman–Crippen LogP) is 3.54. The highest BCUT2D eigenvalue weighted by Gasteiger charge is 2.44. The molecular weight excluding hydrogens is 240 g/mol. The van der Waals surface area contributed by atoms with Crippen molar-refractivity contribution in [1.82, 2.24) is 0 Å². The Bertz CT molecular complexity index is 357. The van der Waals surface area contributed by atoms with Crippen LogP contribution in [0.15, 0.2) is 30.3 Å². The van der Waals surface area contributed by atoms with Gasteiger partial charge in [0.05, 0.1) is 6.61 Å². The van der Waals surface area contributed by atoms with Crippen molar-refractivity contribution in [2.24, 2.45) is 0 Å². The van der Waals surface area contributed by atoms with E-state index >= 15 is 0 Å². The number of aliphatic hydroxyl groups is 1. The van der Waals surface area contributed by atoms with Crippen LogP contribution in [0.3, 0.4) is 0 Å². The summed E-state index contributed by atoms with van der Waals surface area (Å²) in [5.41, 5.74) is 0.932. The first-order valence-corrected chi connectivity index (χ1v) is 9.35. The topological polar surface area (TPSA) is 29.5 Å². The standard InChI is InChI=1S/C15H26O2Si/c1-13(16)18(5,15(2,3)4)12-17-11-14-9-7-6-8-10-14/h6-10,13,16H,11-12H2,1-5H3/t13-,18+/m1/s1. The lowest BCUT2D eigenvalue weighted by atomic mass is 10.2. The number of ether oxygens (including phenoxy) is 1. The number of aliphatic hydroxyl groups excluding tert-OH is 1. The van der Waals surface area contributed by atoms with Gasteiger partial charge in [-0.2, -0.15) is 0 Å². The Morgan fingerprint density at radius 3 is 2.22 bits per heavy atom. The van der Waals surface area contributed by atoms with E-state index in [9.17, 15) is 5.11 Å². The zero-order valence-electron chi connectivity index (χ0n) is 12.2. The minimum atomic E-state index is -1.85. The first-order chi connectivity index (χ1) is 8.27. The Morgan fingerprint density at radius 1 is 1.22 bits per heavy atom. The van der Waals surface area contributed by atoms with E-state index in [4.69, 9.17) is 4.74 Å². The summed E-state index contributed by atoms with van der Waals surface area (Å²) in [6.07, 6.45) is 0.697. The lowest BCUT2D eigenvalue weighted by Gasteiger charge is -2.41. The Kier molecular flexibility index (Phi) is 5.14. The van der Waals surface area contributed by atoms with Gasteiger partial charge in [0.25, 0.3) is 0 Å². The van der Waals surface area contributed by atoms with Crippen molar-refractivity contribution in [2.75, 3.05) is 6.23 Å². The fraction of sp³-hybridized carbons (Fsp3) is 0.600. The summed E-state index contributed by atoms with van der Waals surface area (Å²) in [7, 11) is -1.85. The fourth-order valence-corrected chi connectivity index (χ4v) is 4.37. The van der Waals surface area contributed by atoms with E-state index < -0.39 is 8.07 Å². The van der Waals surface area contributed by atoms with Crippen LogP contribution in [0.5, 0.6) is 0 Å². The molecule has 0 bridgehead atoms. The van der Waals surface area contributed by atoms with Gasteiger partial charge in [-0.1, -0.05) is 57.7 Å². The van der Waals surface area contributed by atoms with Crippen molar-refractivity contribution in [3.63, 3.8) is 0 Å². The summed E-state index contributed by atoms with van der Waals surface area (Å²) in [4.78, 5) is 0. The molecule has 102 valence electrons. The van der Waals surface area contributed by atoms with Gasteiger partial charge >= 0.3 is 0 Å². The van der Waals surface area contributed by atoms with Crippen LogP contribution >= 0.6 is 0 Å². The highest BCUT2D eigenvalue weighted by Crippen LogP contribution is 2.38. The SMILES string of the molecule is C[C@H](O)[Si@](C)(COCc1ccccc1)C(C)(C)C. The van der Waals surface area contributed by atoms with Gasteiger partial charge in [0, 0.05) is 12.0 Å². The van der Waals surface area contributed by atoms with E-state index in [0.29, 0.717) is 12.8 Å². The molecule has 1 aromatic carbocycles. The van der Waals surface area contributed by atoms with Gasteiger partial charge in [-0.15, -0.1) is 0 Å². The van der Waals surface area contributed by atoms with Crippen LogP contribution in [-0.4, -0.2) is 25.1 Å². The number of rotatable bonds is 5. The molecule has 0 fully saturated rings. The van der Waals surface area contributed by atoms with Crippen LogP contribution in [0.2, 0.25) is 11.6 Å². The molecule has 0 unspecified atom stereocenters. The van der Waals surface area contributed by atoms with Crippen molar-refractivity contribution in [2.45, 2.75) is 51.6 Å². The maximum Gasteiger partial charge on any atom is 0.118 e. The van der Waals surface area contributed by atoms with Crippen LogP contribution in [0, 0.1) is 0 Å². The molecule has 0 saturated heterocycles. The molecule has 1 aromatic rings. The summed E-state index contributed by atoms with van der Waals surface area (Å²) < 4.78 is 5.87. The van der Waals surface area contributed by atoms with Crippen molar-refractivity contribution in [1.29, 1.82) is 0 Å². The van der Waals surface area contributed by atoms with E-state index in [1.165, 1.54) is 5.56 Å². The highest BCUT2D eigenvalue weighted by atomic mass is 28.3. The van der Waals surface area contributed by atoms with Crippen molar-refractivity contribution < 1.29 is 9.84 Å². The largest absolute Gasteiger partial charge is 0.397 e. The van der Waals surface area contributed by atoms with Crippen molar-refractivity contribution in [3.05, 3.63) is 35.9 Å². The Labute approximate surface area is 112 Å². The van der Waals surface area contributed by atoms with E-state index in [1.54, 1.807) is 0 Å². The number of benzene rings is 1. The molecule has 0 spiro atoms. The molecule has 0 aliphatic rings. The molecule has 0 heterocycles. The Morgan fingerprint density at radius 2 is 1.78 bits per heavy atom. The molecule has 1 N–H and O–H groups in total. The second-order valence-electron chi connectivity index (χ2n) is 6.32. The summed E-state index contributed by atoms with van der Waals surface area (Å²) in [6, 6.07) is 10.2. The zero-order chi connectivity index (χ0) is 13.8. The van der Waals surface area contributed by atoms with Crippen LogP contribution < -0.4 is 0 Å². The van der Waals surface area contributed by atoms with E-state index in [-0.39, 0.29) is 10.8 Å². The quantitative estimate of drug-likeness (QED) is 0.826. The molecule has 2 nitrogen and oxygen atoms in total.